The number of hydrogen-bond donors (Lipinski definition) is 3. The van der Waals surface area contributed by atoms with Gasteiger partial charge in [-0.2, -0.15) is 8.78 Å². The molecular weight excluding hydrogens is 294 g/mol. The van der Waals surface area contributed by atoms with E-state index in [9.17, 15) is 22.4 Å². The summed E-state index contributed by atoms with van der Waals surface area (Å²) in [6, 6.07) is 0. The Morgan fingerprint density at radius 3 is 2.24 bits per heavy atom. The second-order valence-electron chi connectivity index (χ2n) is 5.23. The van der Waals surface area contributed by atoms with E-state index in [1.54, 1.807) is 0 Å². The first kappa shape index (κ1) is 17.5. The first-order valence-electron chi connectivity index (χ1n) is 6.68. The Kier molecular flexibility index (Phi) is 5.79. The molecule has 122 valence electrons. The van der Waals surface area contributed by atoms with Crippen LogP contribution in [0.4, 0.5) is 17.6 Å². The number of oxime groups is 1. The van der Waals surface area contributed by atoms with Crippen LogP contribution in [0.3, 0.4) is 0 Å². The highest BCUT2D eigenvalue weighted by molar-refractivity contribution is 6.06. The van der Waals surface area contributed by atoms with Crippen molar-refractivity contribution in [1.29, 1.82) is 0 Å². The van der Waals surface area contributed by atoms with Crippen molar-refractivity contribution < 1.29 is 27.6 Å². The number of carbonyl (C=O) groups is 1. The summed E-state index contributed by atoms with van der Waals surface area (Å²) in [5.74, 6) is -5.59. The van der Waals surface area contributed by atoms with E-state index in [2.05, 4.69) is 5.16 Å². The lowest BCUT2D eigenvalue weighted by Gasteiger charge is -2.30. The van der Waals surface area contributed by atoms with Gasteiger partial charge in [0.25, 0.3) is 0 Å². The van der Waals surface area contributed by atoms with Crippen LogP contribution in [0, 0.1) is 5.41 Å². The maximum Gasteiger partial charge on any atom is 0.324 e. The van der Waals surface area contributed by atoms with Gasteiger partial charge in [-0.1, -0.05) is 30.8 Å². The molecule has 0 bridgehead atoms. The molecular formula is C12H19F4N3O2. The Bertz CT molecular complexity index is 394. The fraction of sp³-hybridized carbons (Fsp3) is 0.833. The smallest absolute Gasteiger partial charge is 0.324 e. The average molecular weight is 313 g/mol. The van der Waals surface area contributed by atoms with Crippen molar-refractivity contribution in [2.24, 2.45) is 16.3 Å². The molecule has 0 heterocycles. The number of alkyl halides is 4. The number of hydrogen-bond acceptors (Lipinski definition) is 3. The van der Waals surface area contributed by atoms with Crippen molar-refractivity contribution in [3.63, 3.8) is 0 Å². The molecule has 0 aromatic heterocycles. The molecule has 0 spiro atoms. The van der Waals surface area contributed by atoms with Gasteiger partial charge in [-0.15, -0.1) is 0 Å². The summed E-state index contributed by atoms with van der Waals surface area (Å²) < 4.78 is 50.0. The Morgan fingerprint density at radius 2 is 1.81 bits per heavy atom. The highest BCUT2D eigenvalue weighted by atomic mass is 19.3. The van der Waals surface area contributed by atoms with Crippen LogP contribution in [0.1, 0.15) is 38.5 Å². The number of nitrogens with zero attached hydrogens (tertiary/aromatic N) is 1. The third-order valence-electron chi connectivity index (χ3n) is 3.79. The molecule has 1 rings (SSSR count). The number of nitrogens with one attached hydrogen (secondary N) is 1. The molecule has 0 radical (unpaired) electrons. The maximum absolute atomic E-state index is 12.9. The molecule has 1 fully saturated rings. The number of amides is 1. The summed E-state index contributed by atoms with van der Waals surface area (Å²) in [7, 11) is 0. The molecule has 0 unspecified atom stereocenters. The molecule has 9 heteroatoms. The zero-order chi connectivity index (χ0) is 16.1. The van der Waals surface area contributed by atoms with Crippen LogP contribution in [-0.4, -0.2) is 35.8 Å². The second-order valence-corrected chi connectivity index (χ2v) is 5.23. The molecule has 1 aliphatic rings. The minimum absolute atomic E-state index is 0.231. The Labute approximate surface area is 119 Å². The highest BCUT2D eigenvalue weighted by Crippen LogP contribution is 2.36. The van der Waals surface area contributed by atoms with Gasteiger partial charge in [-0.05, 0) is 12.8 Å². The fourth-order valence-corrected chi connectivity index (χ4v) is 2.47. The van der Waals surface area contributed by atoms with Gasteiger partial charge in [0.2, 0.25) is 5.91 Å². The van der Waals surface area contributed by atoms with Gasteiger partial charge >= 0.3 is 12.3 Å². The van der Waals surface area contributed by atoms with Crippen LogP contribution in [0.15, 0.2) is 5.16 Å². The monoisotopic (exact) mass is 313 g/mol. The molecule has 0 aromatic rings. The van der Waals surface area contributed by atoms with Crippen molar-refractivity contribution in [2.75, 3.05) is 6.54 Å². The third-order valence-corrected chi connectivity index (χ3v) is 3.79. The SMILES string of the molecule is NC(=NO)C1(C(=O)NCC(F)(F)C(F)F)CCCCCC1. The number of nitrogens with two attached hydrogens (primary N) is 1. The lowest BCUT2D eigenvalue weighted by Crippen LogP contribution is -2.52. The molecule has 1 saturated carbocycles. The number of rotatable bonds is 5. The summed E-state index contributed by atoms with van der Waals surface area (Å²) in [6.45, 7) is -1.48. The van der Waals surface area contributed by atoms with Crippen LogP contribution in [0.25, 0.3) is 0 Å². The molecule has 0 aliphatic heterocycles. The van der Waals surface area contributed by atoms with Gasteiger partial charge in [-0.25, -0.2) is 8.78 Å². The Morgan fingerprint density at radius 1 is 1.29 bits per heavy atom. The van der Waals surface area contributed by atoms with E-state index in [1.807, 2.05) is 5.32 Å². The van der Waals surface area contributed by atoms with Crippen LogP contribution < -0.4 is 11.1 Å². The van der Waals surface area contributed by atoms with Crippen molar-refractivity contribution in [3.05, 3.63) is 0 Å². The van der Waals surface area contributed by atoms with Crippen molar-refractivity contribution in [1.82, 2.24) is 5.32 Å². The zero-order valence-electron chi connectivity index (χ0n) is 11.4. The summed E-state index contributed by atoms with van der Waals surface area (Å²) in [4.78, 5) is 12.2. The van der Waals surface area contributed by atoms with Crippen LogP contribution >= 0.6 is 0 Å². The van der Waals surface area contributed by atoms with Crippen LogP contribution in [-0.2, 0) is 4.79 Å². The maximum atomic E-state index is 12.9. The highest BCUT2D eigenvalue weighted by Gasteiger charge is 2.46. The van der Waals surface area contributed by atoms with Crippen LogP contribution in [0.2, 0.25) is 0 Å². The first-order chi connectivity index (χ1) is 9.76. The third kappa shape index (κ3) is 3.98. The van der Waals surface area contributed by atoms with E-state index in [-0.39, 0.29) is 18.7 Å². The van der Waals surface area contributed by atoms with Gasteiger partial charge in [0, 0.05) is 0 Å². The Hall–Kier alpha value is -1.54. The average Bonchev–Trinajstić information content (AvgIpc) is 2.70. The molecule has 21 heavy (non-hydrogen) atoms. The molecule has 0 atom stereocenters. The van der Waals surface area contributed by atoms with E-state index in [0.29, 0.717) is 12.8 Å². The van der Waals surface area contributed by atoms with E-state index >= 15 is 0 Å². The molecule has 0 aromatic carbocycles. The molecule has 1 amide bonds. The molecule has 1 aliphatic carbocycles. The summed E-state index contributed by atoms with van der Waals surface area (Å²) in [5.41, 5.74) is 4.14. The van der Waals surface area contributed by atoms with Crippen molar-refractivity contribution >= 4 is 11.7 Å². The van der Waals surface area contributed by atoms with E-state index < -0.39 is 30.2 Å². The number of amidine groups is 1. The molecule has 4 N–H and O–H groups in total. The van der Waals surface area contributed by atoms with Crippen LogP contribution in [0.5, 0.6) is 0 Å². The van der Waals surface area contributed by atoms with Gasteiger partial charge in [0.15, 0.2) is 5.84 Å². The quantitative estimate of drug-likeness (QED) is 0.181. The largest absolute Gasteiger partial charge is 0.409 e. The van der Waals surface area contributed by atoms with Crippen molar-refractivity contribution in [2.45, 2.75) is 50.9 Å². The minimum atomic E-state index is -4.31. The topological polar surface area (TPSA) is 87.7 Å². The standard InChI is InChI=1S/C12H19F4N3O2/c13-8(14)12(15,16)7-18-10(20)11(9(17)19-21)5-3-1-2-4-6-11/h8,21H,1-7H2,(H2,17,19)(H,18,20). The van der Waals surface area contributed by atoms with Gasteiger partial charge in [0.05, 0.1) is 6.54 Å². The molecule has 5 nitrogen and oxygen atoms in total. The predicted molar refractivity (Wildman–Crippen MR) is 67.5 cm³/mol. The van der Waals surface area contributed by atoms with Gasteiger partial charge < -0.3 is 16.3 Å². The molecule has 0 saturated heterocycles. The summed E-state index contributed by atoms with van der Waals surface area (Å²) in [5, 5.41) is 13.5. The Balaban J connectivity index is 2.86. The number of halogens is 4. The van der Waals surface area contributed by atoms with E-state index in [1.165, 1.54) is 0 Å². The number of carbonyl (C=O) groups excluding carboxylic acids is 1. The normalized spacial score (nSPS) is 20.1. The summed E-state index contributed by atoms with van der Waals surface area (Å²) >= 11 is 0. The lowest BCUT2D eigenvalue weighted by atomic mass is 9.78. The summed E-state index contributed by atoms with van der Waals surface area (Å²) in [6.07, 6.45) is -0.526. The van der Waals surface area contributed by atoms with E-state index in [0.717, 1.165) is 12.8 Å². The van der Waals surface area contributed by atoms with Crippen molar-refractivity contribution in [3.8, 4) is 0 Å². The van der Waals surface area contributed by atoms with E-state index in [4.69, 9.17) is 10.9 Å². The predicted octanol–water partition coefficient (Wildman–Crippen LogP) is 2.09. The second kappa shape index (κ2) is 6.95. The zero-order valence-corrected chi connectivity index (χ0v) is 11.4. The van der Waals surface area contributed by atoms with Gasteiger partial charge in [0.1, 0.15) is 5.41 Å². The first-order valence-corrected chi connectivity index (χ1v) is 6.68. The minimum Gasteiger partial charge on any atom is -0.409 e. The van der Waals surface area contributed by atoms with Gasteiger partial charge in [-0.3, -0.25) is 4.79 Å². The lowest BCUT2D eigenvalue weighted by molar-refractivity contribution is -0.140. The fourth-order valence-electron chi connectivity index (χ4n) is 2.47.